The number of nitro groups is 1. The number of halogens is 1. The third-order valence-corrected chi connectivity index (χ3v) is 3.17. The van der Waals surface area contributed by atoms with Gasteiger partial charge in [0.1, 0.15) is 5.82 Å². The smallest absolute Gasteiger partial charge is 0.295 e. The van der Waals surface area contributed by atoms with E-state index in [0.717, 1.165) is 18.5 Å². The number of rotatable bonds is 4. The van der Waals surface area contributed by atoms with Crippen LogP contribution in [0.25, 0.3) is 10.9 Å². The number of hydrogen-bond donors (Lipinski definition) is 1. The lowest BCUT2D eigenvalue weighted by atomic mass is 10.1. The largest absolute Gasteiger partial charge is 0.370 e. The van der Waals surface area contributed by atoms with Crippen LogP contribution >= 0.6 is 11.6 Å². The third kappa shape index (κ3) is 2.61. The lowest BCUT2D eigenvalue weighted by Gasteiger charge is -2.10. The number of pyridine rings is 1. The van der Waals surface area contributed by atoms with E-state index in [-0.39, 0.29) is 5.69 Å². The molecule has 0 bridgehead atoms. The van der Waals surface area contributed by atoms with Crippen LogP contribution in [0, 0.1) is 17.0 Å². The maximum absolute atomic E-state index is 11.0. The van der Waals surface area contributed by atoms with Gasteiger partial charge in [0.15, 0.2) is 5.52 Å². The van der Waals surface area contributed by atoms with Crippen molar-refractivity contribution in [2.24, 2.45) is 0 Å². The number of benzene rings is 1. The lowest BCUT2D eigenvalue weighted by Crippen LogP contribution is -2.04. The minimum Gasteiger partial charge on any atom is -0.370 e. The van der Waals surface area contributed by atoms with Gasteiger partial charge in [0.25, 0.3) is 5.69 Å². The van der Waals surface area contributed by atoms with Crippen LogP contribution in [0.3, 0.4) is 0 Å². The molecule has 0 aliphatic rings. The van der Waals surface area contributed by atoms with E-state index in [1.165, 1.54) is 12.1 Å². The Bertz CT molecular complexity index is 643. The fourth-order valence-corrected chi connectivity index (χ4v) is 2.09. The van der Waals surface area contributed by atoms with Gasteiger partial charge in [0, 0.05) is 18.0 Å². The average Bonchev–Trinajstić information content (AvgIpc) is 2.37. The van der Waals surface area contributed by atoms with E-state index in [0.29, 0.717) is 21.7 Å². The molecular formula is C13H14ClN3O2. The quantitative estimate of drug-likeness (QED) is 0.680. The molecule has 6 heteroatoms. The molecule has 1 aromatic heterocycles. The van der Waals surface area contributed by atoms with Gasteiger partial charge in [-0.25, -0.2) is 4.98 Å². The van der Waals surface area contributed by atoms with Crippen LogP contribution in [-0.2, 0) is 0 Å². The van der Waals surface area contributed by atoms with E-state index in [2.05, 4.69) is 10.3 Å². The maximum Gasteiger partial charge on any atom is 0.295 e. The van der Waals surface area contributed by atoms with Gasteiger partial charge >= 0.3 is 0 Å². The van der Waals surface area contributed by atoms with E-state index >= 15 is 0 Å². The van der Waals surface area contributed by atoms with E-state index in [1.807, 2.05) is 19.9 Å². The first-order chi connectivity index (χ1) is 9.04. The first-order valence-electron chi connectivity index (χ1n) is 6.02. The Morgan fingerprint density at radius 2 is 2.21 bits per heavy atom. The van der Waals surface area contributed by atoms with Crippen molar-refractivity contribution in [1.82, 2.24) is 4.98 Å². The van der Waals surface area contributed by atoms with E-state index in [1.54, 1.807) is 0 Å². The summed E-state index contributed by atoms with van der Waals surface area (Å²) in [5.41, 5.74) is 1.21. The van der Waals surface area contributed by atoms with Crippen molar-refractivity contribution in [3.8, 4) is 0 Å². The summed E-state index contributed by atoms with van der Waals surface area (Å²) in [5.74, 6) is 0.666. The number of aromatic nitrogens is 1. The SMILES string of the molecule is CCCNc1nc2c([N+](=O)[O-])ccc(Cl)c2cc1C. The molecule has 0 amide bonds. The number of aryl methyl sites for hydroxylation is 1. The molecule has 2 aromatic rings. The molecule has 0 fully saturated rings. The minimum atomic E-state index is -0.440. The molecule has 0 atom stereocenters. The molecule has 1 aromatic carbocycles. The first-order valence-corrected chi connectivity index (χ1v) is 6.40. The van der Waals surface area contributed by atoms with Gasteiger partial charge in [-0.05, 0) is 31.0 Å². The van der Waals surface area contributed by atoms with Crippen LogP contribution < -0.4 is 5.32 Å². The summed E-state index contributed by atoms with van der Waals surface area (Å²) in [6.07, 6.45) is 0.955. The number of nitrogens with zero attached hydrogens (tertiary/aromatic N) is 2. The summed E-state index contributed by atoms with van der Waals surface area (Å²) < 4.78 is 0. The normalized spacial score (nSPS) is 10.7. The Morgan fingerprint density at radius 1 is 1.47 bits per heavy atom. The Morgan fingerprint density at radius 3 is 2.84 bits per heavy atom. The van der Waals surface area contributed by atoms with Gasteiger partial charge in [0.2, 0.25) is 0 Å². The number of non-ortho nitro benzene ring substituents is 1. The first kappa shape index (κ1) is 13.5. The zero-order chi connectivity index (χ0) is 14.0. The van der Waals surface area contributed by atoms with Gasteiger partial charge in [-0.15, -0.1) is 0 Å². The Balaban J connectivity index is 2.67. The van der Waals surface area contributed by atoms with Crippen molar-refractivity contribution in [1.29, 1.82) is 0 Å². The molecule has 0 radical (unpaired) electrons. The average molecular weight is 280 g/mol. The summed E-state index contributed by atoms with van der Waals surface area (Å²) in [4.78, 5) is 15.0. The van der Waals surface area contributed by atoms with Gasteiger partial charge < -0.3 is 5.32 Å². The Labute approximate surface area is 115 Å². The molecule has 2 rings (SSSR count). The number of hydrogen-bond acceptors (Lipinski definition) is 4. The highest BCUT2D eigenvalue weighted by atomic mass is 35.5. The van der Waals surface area contributed by atoms with Crippen LogP contribution in [0.2, 0.25) is 5.02 Å². The van der Waals surface area contributed by atoms with Crippen molar-refractivity contribution < 1.29 is 4.92 Å². The fourth-order valence-electron chi connectivity index (χ4n) is 1.88. The molecule has 5 nitrogen and oxygen atoms in total. The van der Waals surface area contributed by atoms with Crippen molar-refractivity contribution in [2.75, 3.05) is 11.9 Å². The number of nitro benzene ring substituents is 1. The van der Waals surface area contributed by atoms with E-state index in [4.69, 9.17) is 11.6 Å². The number of anilines is 1. The van der Waals surface area contributed by atoms with Gasteiger partial charge in [-0.2, -0.15) is 0 Å². The zero-order valence-corrected chi connectivity index (χ0v) is 11.5. The van der Waals surface area contributed by atoms with Crippen LogP contribution in [0.4, 0.5) is 11.5 Å². The fraction of sp³-hybridized carbons (Fsp3) is 0.308. The van der Waals surface area contributed by atoms with Crippen molar-refractivity contribution in [3.63, 3.8) is 0 Å². The van der Waals surface area contributed by atoms with Crippen LogP contribution in [-0.4, -0.2) is 16.5 Å². The Kier molecular flexibility index (Phi) is 3.85. The zero-order valence-electron chi connectivity index (χ0n) is 10.7. The minimum absolute atomic E-state index is 0.0288. The molecular weight excluding hydrogens is 266 g/mol. The molecule has 0 spiro atoms. The highest BCUT2D eigenvalue weighted by Gasteiger charge is 2.17. The van der Waals surface area contributed by atoms with Crippen molar-refractivity contribution in [3.05, 3.63) is 38.9 Å². The van der Waals surface area contributed by atoms with Crippen molar-refractivity contribution >= 4 is 34.0 Å². The maximum atomic E-state index is 11.0. The van der Waals surface area contributed by atoms with Gasteiger partial charge in [-0.1, -0.05) is 18.5 Å². The molecule has 100 valence electrons. The monoisotopic (exact) mass is 279 g/mol. The molecule has 0 aliphatic carbocycles. The van der Waals surface area contributed by atoms with Crippen LogP contribution in [0.15, 0.2) is 18.2 Å². The predicted octanol–water partition coefficient (Wildman–Crippen LogP) is 3.93. The molecule has 0 unspecified atom stereocenters. The summed E-state index contributed by atoms with van der Waals surface area (Å²) >= 11 is 6.08. The van der Waals surface area contributed by atoms with Crippen LogP contribution in [0.5, 0.6) is 0 Å². The van der Waals surface area contributed by atoms with Gasteiger partial charge in [-0.3, -0.25) is 10.1 Å². The van der Waals surface area contributed by atoms with Crippen LogP contribution in [0.1, 0.15) is 18.9 Å². The summed E-state index contributed by atoms with van der Waals surface area (Å²) in [6.45, 7) is 4.72. The highest BCUT2D eigenvalue weighted by Crippen LogP contribution is 2.32. The molecule has 0 saturated heterocycles. The van der Waals surface area contributed by atoms with E-state index < -0.39 is 4.92 Å². The van der Waals surface area contributed by atoms with Gasteiger partial charge in [0.05, 0.1) is 9.95 Å². The summed E-state index contributed by atoms with van der Waals surface area (Å²) in [5, 5.41) is 15.3. The lowest BCUT2D eigenvalue weighted by molar-refractivity contribution is -0.383. The molecule has 1 heterocycles. The standard InChI is InChI=1S/C13H14ClN3O2/c1-3-6-15-13-8(2)7-9-10(14)4-5-11(17(18)19)12(9)16-13/h4-5,7H,3,6H2,1-2H3,(H,15,16). The third-order valence-electron chi connectivity index (χ3n) is 2.84. The topological polar surface area (TPSA) is 68.1 Å². The second-order valence-electron chi connectivity index (χ2n) is 4.30. The molecule has 0 aliphatic heterocycles. The summed E-state index contributed by atoms with van der Waals surface area (Å²) in [7, 11) is 0. The number of nitrogens with one attached hydrogen (secondary N) is 1. The Hall–Kier alpha value is -1.88. The molecule has 0 saturated carbocycles. The second kappa shape index (κ2) is 5.40. The van der Waals surface area contributed by atoms with E-state index in [9.17, 15) is 10.1 Å². The van der Waals surface area contributed by atoms with Crippen molar-refractivity contribution in [2.45, 2.75) is 20.3 Å². The summed E-state index contributed by atoms with van der Waals surface area (Å²) in [6, 6.07) is 4.74. The second-order valence-corrected chi connectivity index (χ2v) is 4.71. The predicted molar refractivity (Wildman–Crippen MR) is 76.9 cm³/mol. The highest BCUT2D eigenvalue weighted by molar-refractivity contribution is 6.35. The molecule has 1 N–H and O–H groups in total. The molecule has 19 heavy (non-hydrogen) atoms. The number of fused-ring (bicyclic) bond motifs is 1.